The molecule has 156 valence electrons. The zero-order valence-electron chi connectivity index (χ0n) is 17.8. The van der Waals surface area contributed by atoms with Crippen LogP contribution >= 0.6 is 0 Å². The first kappa shape index (κ1) is 22.1. The molecule has 0 aliphatic heterocycles. The van der Waals surface area contributed by atoms with Crippen LogP contribution in [0.4, 0.5) is 9.59 Å². The Morgan fingerprint density at radius 2 is 1.89 bits per heavy atom. The molecule has 6 nitrogen and oxygen atoms in total. The highest BCUT2D eigenvalue weighted by atomic mass is 16.6. The number of hydrogen-bond donors (Lipinski definition) is 2. The second-order valence-electron chi connectivity index (χ2n) is 9.01. The maximum absolute atomic E-state index is 12.4. The van der Waals surface area contributed by atoms with Gasteiger partial charge in [-0.25, -0.2) is 9.59 Å². The van der Waals surface area contributed by atoms with E-state index in [4.69, 9.17) is 15.2 Å². The molecule has 1 aliphatic rings. The van der Waals surface area contributed by atoms with Crippen LogP contribution in [0.3, 0.4) is 0 Å². The van der Waals surface area contributed by atoms with Crippen LogP contribution in [0.25, 0.3) is 0 Å². The van der Waals surface area contributed by atoms with Gasteiger partial charge in [-0.05, 0) is 60.1 Å². The lowest BCUT2D eigenvalue weighted by Gasteiger charge is -2.45. The first-order valence-electron chi connectivity index (χ1n) is 10.1. The fourth-order valence-corrected chi connectivity index (χ4v) is 4.57. The normalized spacial score (nSPS) is 23.7. The number of nitrogens with one attached hydrogen (secondary N) is 1. The van der Waals surface area contributed by atoms with Crippen molar-refractivity contribution in [3.8, 4) is 5.75 Å². The summed E-state index contributed by atoms with van der Waals surface area (Å²) in [4.78, 5) is 23.6. The van der Waals surface area contributed by atoms with Crippen molar-refractivity contribution in [1.29, 1.82) is 0 Å². The maximum Gasteiger partial charge on any atom is 0.412 e. The van der Waals surface area contributed by atoms with Crippen LogP contribution in [0.15, 0.2) is 18.2 Å². The average molecular weight is 391 g/mol. The lowest BCUT2D eigenvalue weighted by atomic mass is 9.63. The smallest absolute Gasteiger partial charge is 0.412 e. The van der Waals surface area contributed by atoms with Crippen LogP contribution in [-0.2, 0) is 17.6 Å². The average Bonchev–Trinajstić information content (AvgIpc) is 2.58. The molecule has 28 heavy (non-hydrogen) atoms. The molecule has 0 heterocycles. The number of carbonyl (C=O) groups is 2. The van der Waals surface area contributed by atoms with E-state index < -0.39 is 12.2 Å². The van der Waals surface area contributed by atoms with Crippen LogP contribution in [-0.4, -0.2) is 24.8 Å². The molecule has 1 aromatic rings. The number of nitrogens with two attached hydrogens (primary N) is 1. The van der Waals surface area contributed by atoms with E-state index in [0.717, 1.165) is 31.2 Å². The second-order valence-corrected chi connectivity index (χ2v) is 9.01. The topological polar surface area (TPSA) is 90.7 Å². The van der Waals surface area contributed by atoms with E-state index in [1.54, 1.807) is 0 Å². The van der Waals surface area contributed by atoms with E-state index in [0.29, 0.717) is 18.7 Å². The minimum absolute atomic E-state index is 0.00986. The third kappa shape index (κ3) is 6.14. The summed E-state index contributed by atoms with van der Waals surface area (Å²) in [5.74, 6) is 0.598. The van der Waals surface area contributed by atoms with E-state index >= 15 is 0 Å². The standard InChI is InChI=1S/C22H34N2O4/c1-6-15-8-9-18(16(7-2)10-15)28-20(26)24-14-22(5)12-17(27-19(23)25)11-21(3,4)13-22/h8-10,17H,6-7,11-14H2,1-5H3,(H2,23,25)(H,24,26). The molecule has 0 radical (unpaired) electrons. The molecule has 1 aromatic carbocycles. The van der Waals surface area contributed by atoms with Gasteiger partial charge < -0.3 is 20.5 Å². The van der Waals surface area contributed by atoms with E-state index in [1.807, 2.05) is 19.1 Å². The van der Waals surface area contributed by atoms with Gasteiger partial charge in [0.25, 0.3) is 0 Å². The van der Waals surface area contributed by atoms with E-state index in [-0.39, 0.29) is 16.9 Å². The Morgan fingerprint density at radius 3 is 2.50 bits per heavy atom. The lowest BCUT2D eigenvalue weighted by molar-refractivity contribution is -0.0163. The first-order chi connectivity index (χ1) is 13.1. The van der Waals surface area contributed by atoms with E-state index in [2.05, 4.69) is 39.1 Å². The number of primary amides is 1. The van der Waals surface area contributed by atoms with Crippen molar-refractivity contribution in [2.75, 3.05) is 6.54 Å². The molecular formula is C22H34N2O4. The van der Waals surface area contributed by atoms with Gasteiger partial charge in [-0.3, -0.25) is 0 Å². The number of benzene rings is 1. The molecule has 2 amide bonds. The summed E-state index contributed by atoms with van der Waals surface area (Å²) in [5, 5.41) is 2.90. The van der Waals surface area contributed by atoms with Gasteiger partial charge >= 0.3 is 12.2 Å². The largest absolute Gasteiger partial charge is 0.446 e. The number of carbonyl (C=O) groups excluding carboxylic acids is 2. The Balaban J connectivity index is 2.00. The number of aryl methyl sites for hydroxylation is 2. The summed E-state index contributed by atoms with van der Waals surface area (Å²) < 4.78 is 10.8. The van der Waals surface area contributed by atoms with Gasteiger partial charge in [0, 0.05) is 6.54 Å². The monoisotopic (exact) mass is 390 g/mol. The van der Waals surface area contributed by atoms with Crippen molar-refractivity contribution in [2.24, 2.45) is 16.6 Å². The molecule has 0 bridgehead atoms. The Hall–Kier alpha value is -2.24. The quantitative estimate of drug-likeness (QED) is 0.744. The first-order valence-corrected chi connectivity index (χ1v) is 10.1. The van der Waals surface area contributed by atoms with Gasteiger partial charge in [0.1, 0.15) is 11.9 Å². The van der Waals surface area contributed by atoms with Gasteiger partial charge in [0.2, 0.25) is 0 Å². The molecule has 1 saturated carbocycles. The van der Waals surface area contributed by atoms with E-state index in [9.17, 15) is 9.59 Å². The Bertz CT molecular complexity index is 716. The van der Waals surface area contributed by atoms with Crippen molar-refractivity contribution >= 4 is 12.2 Å². The Kier molecular flexibility index (Phi) is 6.96. The maximum atomic E-state index is 12.4. The SMILES string of the molecule is CCc1ccc(OC(=O)NCC2(C)CC(OC(N)=O)CC(C)(C)C2)c(CC)c1. The minimum Gasteiger partial charge on any atom is -0.446 e. The minimum atomic E-state index is -0.750. The predicted molar refractivity (Wildman–Crippen MR) is 109 cm³/mol. The van der Waals surface area contributed by atoms with Crippen molar-refractivity contribution in [3.63, 3.8) is 0 Å². The number of rotatable bonds is 6. The number of hydrogen-bond acceptors (Lipinski definition) is 4. The zero-order chi connectivity index (χ0) is 20.9. The van der Waals surface area contributed by atoms with Crippen LogP contribution in [0.2, 0.25) is 0 Å². The van der Waals surface area contributed by atoms with Crippen LogP contribution in [0, 0.1) is 10.8 Å². The molecular weight excluding hydrogens is 356 g/mol. The van der Waals surface area contributed by atoms with Crippen LogP contribution in [0.5, 0.6) is 5.75 Å². The molecule has 1 fully saturated rings. The van der Waals surface area contributed by atoms with E-state index in [1.165, 1.54) is 5.56 Å². The highest BCUT2D eigenvalue weighted by Gasteiger charge is 2.42. The van der Waals surface area contributed by atoms with Crippen molar-refractivity contribution in [3.05, 3.63) is 29.3 Å². The molecule has 0 spiro atoms. The summed E-state index contributed by atoms with van der Waals surface area (Å²) in [6.07, 6.45) is 2.62. The molecule has 2 unspecified atom stereocenters. The summed E-state index contributed by atoms with van der Waals surface area (Å²) in [5.41, 5.74) is 7.23. The van der Waals surface area contributed by atoms with Gasteiger partial charge in [0.05, 0.1) is 0 Å². The number of ether oxygens (including phenoxy) is 2. The Morgan fingerprint density at radius 1 is 1.18 bits per heavy atom. The van der Waals surface area contributed by atoms with Gasteiger partial charge in [-0.15, -0.1) is 0 Å². The third-order valence-corrected chi connectivity index (χ3v) is 5.47. The second kappa shape index (κ2) is 8.84. The summed E-state index contributed by atoms with van der Waals surface area (Å²) in [6.45, 7) is 11.0. The summed E-state index contributed by atoms with van der Waals surface area (Å²) >= 11 is 0. The van der Waals surface area contributed by atoms with Crippen molar-refractivity contribution in [1.82, 2.24) is 5.32 Å². The van der Waals surface area contributed by atoms with Crippen molar-refractivity contribution < 1.29 is 19.1 Å². The molecule has 1 aliphatic carbocycles. The Labute approximate surface area is 168 Å². The summed E-state index contributed by atoms with van der Waals surface area (Å²) in [6, 6.07) is 5.93. The molecule has 0 saturated heterocycles. The van der Waals surface area contributed by atoms with Gasteiger partial charge in [0.15, 0.2) is 0 Å². The fourth-order valence-electron chi connectivity index (χ4n) is 4.57. The van der Waals surface area contributed by atoms with Crippen LogP contribution < -0.4 is 15.8 Å². The zero-order valence-corrected chi connectivity index (χ0v) is 17.8. The van der Waals surface area contributed by atoms with Gasteiger partial charge in [-0.2, -0.15) is 0 Å². The molecule has 2 atom stereocenters. The van der Waals surface area contributed by atoms with Crippen molar-refractivity contribution in [2.45, 2.75) is 72.8 Å². The predicted octanol–water partition coefficient (Wildman–Crippen LogP) is 4.58. The fraction of sp³-hybridized carbons (Fsp3) is 0.636. The highest BCUT2D eigenvalue weighted by Crippen LogP contribution is 2.46. The molecule has 6 heteroatoms. The van der Waals surface area contributed by atoms with Gasteiger partial charge in [-0.1, -0.05) is 46.8 Å². The molecule has 3 N–H and O–H groups in total. The van der Waals surface area contributed by atoms with Crippen LogP contribution in [0.1, 0.15) is 65.0 Å². The molecule has 0 aromatic heterocycles. The third-order valence-electron chi connectivity index (χ3n) is 5.47. The molecule has 2 rings (SSSR count). The number of amides is 2. The lowest BCUT2D eigenvalue weighted by Crippen LogP contribution is -2.47. The summed E-state index contributed by atoms with van der Waals surface area (Å²) in [7, 11) is 0. The highest BCUT2D eigenvalue weighted by molar-refractivity contribution is 5.71.